The Balaban J connectivity index is 1.60. The molecule has 26 heavy (non-hydrogen) atoms. The molecule has 0 bridgehead atoms. The summed E-state index contributed by atoms with van der Waals surface area (Å²) in [6, 6.07) is 7.78. The Morgan fingerprint density at radius 1 is 1.38 bits per heavy atom. The molecule has 2 heterocycles. The van der Waals surface area contributed by atoms with Gasteiger partial charge in [0.25, 0.3) is 0 Å². The first-order chi connectivity index (χ1) is 12.4. The van der Waals surface area contributed by atoms with Gasteiger partial charge in [-0.2, -0.15) is 0 Å². The van der Waals surface area contributed by atoms with Gasteiger partial charge >= 0.3 is 0 Å². The Bertz CT molecular complexity index is 898. The molecule has 0 aliphatic carbocycles. The largest absolute Gasteiger partial charge is 0.326 e. The average molecular weight is 410 g/mol. The number of rotatable bonds is 6. The summed E-state index contributed by atoms with van der Waals surface area (Å²) in [7, 11) is 0. The molecule has 2 atom stereocenters. The van der Waals surface area contributed by atoms with Gasteiger partial charge in [-0.05, 0) is 36.1 Å². The standard InChI is InChI=1S/C18H17ClFN3OS2/c1-10(17(24)23-11-4-5-13(20)12(19)8-11)7-14(21)18-22-9-16(26-18)15-3-2-6-25-15/h2-6,8-10,14H,7,21H2,1H3,(H,23,24). The summed E-state index contributed by atoms with van der Waals surface area (Å²) >= 11 is 8.93. The monoisotopic (exact) mass is 409 g/mol. The lowest BCUT2D eigenvalue weighted by Gasteiger charge is -2.15. The molecule has 0 spiro atoms. The SMILES string of the molecule is CC(CC(N)c1ncc(-c2cccs2)s1)C(=O)Nc1ccc(F)c(Cl)c1. The zero-order chi connectivity index (χ0) is 18.7. The van der Waals surface area contributed by atoms with Crippen molar-refractivity contribution in [1.29, 1.82) is 0 Å². The predicted octanol–water partition coefficient (Wildman–Crippen LogP) is 5.33. The van der Waals surface area contributed by atoms with Crippen LogP contribution in [0.4, 0.5) is 10.1 Å². The number of aromatic nitrogens is 1. The number of thiophene rings is 1. The third kappa shape index (κ3) is 4.48. The molecular weight excluding hydrogens is 393 g/mol. The molecule has 0 aliphatic heterocycles. The molecule has 0 saturated carbocycles. The van der Waals surface area contributed by atoms with E-state index in [-0.39, 0.29) is 22.9 Å². The van der Waals surface area contributed by atoms with Gasteiger partial charge in [-0.3, -0.25) is 4.79 Å². The molecule has 8 heteroatoms. The number of hydrogen-bond acceptors (Lipinski definition) is 5. The number of amides is 1. The van der Waals surface area contributed by atoms with Crippen LogP contribution in [0.5, 0.6) is 0 Å². The lowest BCUT2D eigenvalue weighted by atomic mass is 10.0. The second-order valence-electron chi connectivity index (χ2n) is 5.90. The van der Waals surface area contributed by atoms with Crippen molar-refractivity contribution in [2.24, 2.45) is 11.7 Å². The lowest BCUT2D eigenvalue weighted by Crippen LogP contribution is -2.24. The highest BCUT2D eigenvalue weighted by Gasteiger charge is 2.20. The number of thiazole rings is 1. The molecule has 1 amide bonds. The van der Waals surface area contributed by atoms with Crippen molar-refractivity contribution in [1.82, 2.24) is 4.98 Å². The van der Waals surface area contributed by atoms with Crippen LogP contribution < -0.4 is 11.1 Å². The highest BCUT2D eigenvalue weighted by atomic mass is 35.5. The first-order valence-electron chi connectivity index (χ1n) is 7.95. The van der Waals surface area contributed by atoms with E-state index in [1.807, 2.05) is 23.7 Å². The van der Waals surface area contributed by atoms with E-state index in [1.165, 1.54) is 18.2 Å². The Morgan fingerprint density at radius 2 is 2.19 bits per heavy atom. The second-order valence-corrected chi connectivity index (χ2v) is 8.32. The minimum atomic E-state index is -0.523. The number of nitrogens with one attached hydrogen (secondary N) is 1. The Labute approximate surface area is 163 Å². The number of nitrogens with two attached hydrogens (primary N) is 1. The number of carbonyl (C=O) groups excluding carboxylic acids is 1. The normalized spacial score (nSPS) is 13.4. The molecule has 4 nitrogen and oxygen atoms in total. The highest BCUT2D eigenvalue weighted by Crippen LogP contribution is 2.33. The molecule has 0 fully saturated rings. The maximum Gasteiger partial charge on any atom is 0.227 e. The third-order valence-corrected chi connectivity index (χ3v) is 6.33. The predicted molar refractivity (Wildman–Crippen MR) is 106 cm³/mol. The van der Waals surface area contributed by atoms with Crippen molar-refractivity contribution in [3.63, 3.8) is 0 Å². The summed E-state index contributed by atoms with van der Waals surface area (Å²) in [6.07, 6.45) is 2.27. The maximum atomic E-state index is 13.2. The molecule has 1 aromatic carbocycles. The van der Waals surface area contributed by atoms with E-state index in [9.17, 15) is 9.18 Å². The molecule has 0 aliphatic rings. The van der Waals surface area contributed by atoms with Crippen LogP contribution in [0.15, 0.2) is 41.9 Å². The molecule has 3 rings (SSSR count). The van der Waals surface area contributed by atoms with E-state index in [2.05, 4.69) is 10.3 Å². The van der Waals surface area contributed by atoms with Gasteiger partial charge in [0.15, 0.2) is 0 Å². The van der Waals surface area contributed by atoms with Crippen LogP contribution in [-0.4, -0.2) is 10.9 Å². The van der Waals surface area contributed by atoms with E-state index in [0.29, 0.717) is 12.1 Å². The Hall–Kier alpha value is -1.80. The quantitative estimate of drug-likeness (QED) is 0.578. The van der Waals surface area contributed by atoms with Gasteiger partial charge in [-0.25, -0.2) is 9.37 Å². The number of benzene rings is 1. The van der Waals surface area contributed by atoms with E-state index in [4.69, 9.17) is 17.3 Å². The molecule has 2 aromatic heterocycles. The number of nitrogens with zero attached hydrogens (tertiary/aromatic N) is 1. The van der Waals surface area contributed by atoms with E-state index in [0.717, 1.165) is 14.8 Å². The molecule has 0 radical (unpaired) electrons. The number of halogens is 2. The van der Waals surface area contributed by atoms with Crippen molar-refractivity contribution in [3.8, 4) is 9.75 Å². The summed E-state index contributed by atoms with van der Waals surface area (Å²) < 4.78 is 13.2. The summed E-state index contributed by atoms with van der Waals surface area (Å²) in [5.74, 6) is -1.05. The van der Waals surface area contributed by atoms with Crippen LogP contribution in [0.2, 0.25) is 5.02 Å². The summed E-state index contributed by atoms with van der Waals surface area (Å²) in [5.41, 5.74) is 6.69. The van der Waals surface area contributed by atoms with Gasteiger partial charge in [-0.15, -0.1) is 22.7 Å². The topological polar surface area (TPSA) is 68.0 Å². The fraction of sp³-hybridized carbons (Fsp3) is 0.222. The fourth-order valence-corrected chi connectivity index (χ4v) is 4.35. The van der Waals surface area contributed by atoms with E-state index < -0.39 is 5.82 Å². The first kappa shape index (κ1) is 19.0. The van der Waals surface area contributed by atoms with Crippen LogP contribution in [0.1, 0.15) is 24.4 Å². The number of carbonyl (C=O) groups is 1. The van der Waals surface area contributed by atoms with Crippen LogP contribution in [-0.2, 0) is 4.79 Å². The van der Waals surface area contributed by atoms with Crippen LogP contribution in [0.25, 0.3) is 9.75 Å². The van der Waals surface area contributed by atoms with E-state index in [1.54, 1.807) is 29.6 Å². The Morgan fingerprint density at radius 3 is 2.88 bits per heavy atom. The second kappa shape index (κ2) is 8.26. The molecular formula is C18H17ClFN3OS2. The highest BCUT2D eigenvalue weighted by molar-refractivity contribution is 7.21. The van der Waals surface area contributed by atoms with Crippen molar-refractivity contribution < 1.29 is 9.18 Å². The zero-order valence-corrected chi connectivity index (χ0v) is 16.3. The van der Waals surface area contributed by atoms with Crippen molar-refractivity contribution >= 4 is 45.9 Å². The average Bonchev–Trinajstić information content (AvgIpc) is 3.28. The minimum Gasteiger partial charge on any atom is -0.326 e. The van der Waals surface area contributed by atoms with Gasteiger partial charge in [0.2, 0.25) is 5.91 Å². The summed E-state index contributed by atoms with van der Waals surface area (Å²) in [5, 5.41) is 5.52. The maximum absolute atomic E-state index is 13.2. The smallest absolute Gasteiger partial charge is 0.227 e. The number of hydrogen-bond donors (Lipinski definition) is 2. The van der Waals surface area contributed by atoms with Crippen molar-refractivity contribution in [3.05, 3.63) is 57.8 Å². The number of anilines is 1. The third-order valence-electron chi connectivity index (χ3n) is 3.85. The molecule has 2 unspecified atom stereocenters. The molecule has 136 valence electrons. The zero-order valence-electron chi connectivity index (χ0n) is 13.9. The molecule has 0 saturated heterocycles. The molecule has 3 N–H and O–H groups in total. The molecule has 3 aromatic rings. The van der Waals surface area contributed by atoms with Crippen LogP contribution >= 0.6 is 34.3 Å². The van der Waals surface area contributed by atoms with Gasteiger partial charge in [-0.1, -0.05) is 24.6 Å². The van der Waals surface area contributed by atoms with Crippen LogP contribution in [0, 0.1) is 11.7 Å². The van der Waals surface area contributed by atoms with Crippen molar-refractivity contribution in [2.75, 3.05) is 5.32 Å². The van der Waals surface area contributed by atoms with Gasteiger partial charge in [0, 0.05) is 22.7 Å². The Kier molecular flexibility index (Phi) is 6.03. The summed E-state index contributed by atoms with van der Waals surface area (Å²) in [4.78, 5) is 19.0. The van der Waals surface area contributed by atoms with Gasteiger partial charge < -0.3 is 11.1 Å². The minimum absolute atomic E-state index is 0.0314. The van der Waals surface area contributed by atoms with Gasteiger partial charge in [0.1, 0.15) is 10.8 Å². The lowest BCUT2D eigenvalue weighted by molar-refractivity contribution is -0.119. The van der Waals surface area contributed by atoms with Gasteiger partial charge in [0.05, 0.1) is 15.9 Å². The van der Waals surface area contributed by atoms with E-state index >= 15 is 0 Å². The fourth-order valence-electron chi connectivity index (χ4n) is 2.42. The van der Waals surface area contributed by atoms with Crippen LogP contribution in [0.3, 0.4) is 0 Å². The summed E-state index contributed by atoms with van der Waals surface area (Å²) in [6.45, 7) is 1.80. The van der Waals surface area contributed by atoms with Crippen molar-refractivity contribution in [2.45, 2.75) is 19.4 Å². The first-order valence-corrected chi connectivity index (χ1v) is 10.0.